The summed E-state index contributed by atoms with van der Waals surface area (Å²) in [4.78, 5) is 8.51. The molecule has 0 aliphatic carbocycles. The van der Waals surface area contributed by atoms with Crippen molar-refractivity contribution in [1.29, 1.82) is 0 Å². The summed E-state index contributed by atoms with van der Waals surface area (Å²) in [5.41, 5.74) is 2.16. The molecular formula is C15H16BrN5. The smallest absolute Gasteiger partial charge is 0.254 e. The zero-order valence-corrected chi connectivity index (χ0v) is 13.5. The number of aromatic nitrogens is 4. The Kier molecular flexibility index (Phi) is 3.88. The van der Waals surface area contributed by atoms with Gasteiger partial charge in [-0.2, -0.15) is 14.6 Å². The zero-order chi connectivity index (χ0) is 14.8. The minimum atomic E-state index is 0.215. The van der Waals surface area contributed by atoms with Crippen LogP contribution < -0.4 is 5.32 Å². The molecule has 0 fully saturated rings. The molecule has 0 saturated carbocycles. The first-order valence-electron chi connectivity index (χ1n) is 6.86. The van der Waals surface area contributed by atoms with E-state index in [9.17, 15) is 0 Å². The van der Waals surface area contributed by atoms with Crippen LogP contribution in [0.25, 0.3) is 5.78 Å². The van der Waals surface area contributed by atoms with Crippen LogP contribution in [-0.4, -0.2) is 19.6 Å². The van der Waals surface area contributed by atoms with E-state index >= 15 is 0 Å². The monoisotopic (exact) mass is 345 g/mol. The Balaban J connectivity index is 1.95. The van der Waals surface area contributed by atoms with Crippen molar-refractivity contribution in [2.45, 2.75) is 26.3 Å². The second-order valence-corrected chi connectivity index (χ2v) is 5.83. The van der Waals surface area contributed by atoms with Crippen LogP contribution in [0.4, 0.5) is 5.82 Å². The number of benzene rings is 1. The highest BCUT2D eigenvalue weighted by atomic mass is 79.9. The summed E-state index contributed by atoms with van der Waals surface area (Å²) in [6, 6.07) is 10.6. The standard InChI is InChI=1S/C15H16BrN5/c1-3-13(11-4-6-12(16)7-5-11)20-14-8-10(2)19-15-17-9-18-21(14)15/h4-9,13,20H,3H2,1-2H3. The van der Waals surface area contributed by atoms with Crippen molar-refractivity contribution in [1.82, 2.24) is 19.6 Å². The van der Waals surface area contributed by atoms with Crippen LogP contribution in [0.3, 0.4) is 0 Å². The summed E-state index contributed by atoms with van der Waals surface area (Å²) in [5.74, 6) is 1.52. The third-order valence-corrected chi connectivity index (χ3v) is 3.91. The lowest BCUT2D eigenvalue weighted by molar-refractivity contribution is 0.734. The number of halogens is 1. The molecule has 0 aliphatic rings. The number of nitrogens with one attached hydrogen (secondary N) is 1. The molecule has 0 bridgehead atoms. The molecule has 1 atom stereocenters. The summed E-state index contributed by atoms with van der Waals surface area (Å²) in [6.07, 6.45) is 2.49. The molecule has 5 nitrogen and oxygen atoms in total. The number of nitrogens with zero attached hydrogens (tertiary/aromatic N) is 4. The molecule has 0 spiro atoms. The zero-order valence-electron chi connectivity index (χ0n) is 11.9. The molecule has 21 heavy (non-hydrogen) atoms. The molecule has 108 valence electrons. The minimum absolute atomic E-state index is 0.215. The second kappa shape index (κ2) is 5.81. The average Bonchev–Trinajstić information content (AvgIpc) is 2.94. The number of hydrogen-bond donors (Lipinski definition) is 1. The maximum Gasteiger partial charge on any atom is 0.254 e. The number of rotatable bonds is 4. The van der Waals surface area contributed by atoms with Gasteiger partial charge < -0.3 is 5.32 Å². The van der Waals surface area contributed by atoms with Crippen LogP contribution in [0.5, 0.6) is 0 Å². The molecule has 3 rings (SSSR count). The van der Waals surface area contributed by atoms with Crippen molar-refractivity contribution in [2.75, 3.05) is 5.32 Å². The molecule has 3 aromatic rings. The molecule has 0 radical (unpaired) electrons. The van der Waals surface area contributed by atoms with Gasteiger partial charge in [0.05, 0.1) is 6.04 Å². The number of anilines is 1. The molecular weight excluding hydrogens is 330 g/mol. The van der Waals surface area contributed by atoms with Gasteiger partial charge in [-0.05, 0) is 31.0 Å². The number of aryl methyl sites for hydroxylation is 1. The van der Waals surface area contributed by atoms with Crippen LogP contribution in [0.2, 0.25) is 0 Å². The Bertz CT molecular complexity index is 750. The second-order valence-electron chi connectivity index (χ2n) is 4.91. The normalized spacial score (nSPS) is 12.5. The van der Waals surface area contributed by atoms with Crippen molar-refractivity contribution in [3.05, 3.63) is 52.4 Å². The quantitative estimate of drug-likeness (QED) is 0.782. The summed E-state index contributed by atoms with van der Waals surface area (Å²) >= 11 is 3.47. The summed E-state index contributed by atoms with van der Waals surface area (Å²) < 4.78 is 2.81. The van der Waals surface area contributed by atoms with Gasteiger partial charge in [-0.15, -0.1) is 0 Å². The average molecular weight is 346 g/mol. The van der Waals surface area contributed by atoms with E-state index in [1.165, 1.54) is 11.9 Å². The van der Waals surface area contributed by atoms with Gasteiger partial charge in [0.1, 0.15) is 12.1 Å². The van der Waals surface area contributed by atoms with Gasteiger partial charge >= 0.3 is 0 Å². The minimum Gasteiger partial charge on any atom is -0.363 e. The van der Waals surface area contributed by atoms with Crippen LogP contribution in [0.1, 0.15) is 30.6 Å². The molecule has 1 N–H and O–H groups in total. The highest BCUT2D eigenvalue weighted by Gasteiger charge is 2.12. The molecule has 2 aromatic heterocycles. The Morgan fingerprint density at radius 2 is 2.05 bits per heavy atom. The van der Waals surface area contributed by atoms with Crippen molar-refractivity contribution in [3.63, 3.8) is 0 Å². The Morgan fingerprint density at radius 1 is 1.29 bits per heavy atom. The number of fused-ring (bicyclic) bond motifs is 1. The van der Waals surface area contributed by atoms with E-state index in [1.807, 2.05) is 13.0 Å². The molecule has 2 heterocycles. The Hall–Kier alpha value is -1.95. The molecule has 1 aromatic carbocycles. The highest BCUT2D eigenvalue weighted by molar-refractivity contribution is 9.10. The first kappa shape index (κ1) is 14.0. The lowest BCUT2D eigenvalue weighted by Gasteiger charge is -2.19. The van der Waals surface area contributed by atoms with Crippen LogP contribution in [0.15, 0.2) is 41.1 Å². The van der Waals surface area contributed by atoms with Crippen LogP contribution >= 0.6 is 15.9 Å². The van der Waals surface area contributed by atoms with E-state index in [1.54, 1.807) is 4.52 Å². The van der Waals surface area contributed by atoms with Crippen molar-refractivity contribution >= 4 is 27.5 Å². The van der Waals surface area contributed by atoms with E-state index in [2.05, 4.69) is 67.5 Å². The van der Waals surface area contributed by atoms with Gasteiger partial charge in [-0.3, -0.25) is 0 Å². The SMILES string of the molecule is CCC(Nc1cc(C)nc2ncnn12)c1ccc(Br)cc1. The molecule has 1 unspecified atom stereocenters. The third-order valence-electron chi connectivity index (χ3n) is 3.38. The van der Waals surface area contributed by atoms with E-state index in [0.717, 1.165) is 22.4 Å². The molecule has 0 amide bonds. The first-order valence-corrected chi connectivity index (χ1v) is 7.66. The largest absolute Gasteiger partial charge is 0.363 e. The van der Waals surface area contributed by atoms with E-state index < -0.39 is 0 Å². The fourth-order valence-electron chi connectivity index (χ4n) is 2.33. The van der Waals surface area contributed by atoms with Gasteiger partial charge in [-0.25, -0.2) is 4.98 Å². The Labute approximate surface area is 131 Å². The molecule has 0 aliphatic heterocycles. The van der Waals surface area contributed by atoms with Crippen molar-refractivity contribution < 1.29 is 0 Å². The predicted molar refractivity (Wildman–Crippen MR) is 86.3 cm³/mol. The first-order chi connectivity index (χ1) is 10.2. The highest BCUT2D eigenvalue weighted by Crippen LogP contribution is 2.24. The van der Waals surface area contributed by atoms with E-state index in [-0.39, 0.29) is 6.04 Å². The van der Waals surface area contributed by atoms with Gasteiger partial charge in [0, 0.05) is 16.2 Å². The molecule has 6 heteroatoms. The van der Waals surface area contributed by atoms with Gasteiger partial charge in [0.2, 0.25) is 0 Å². The maximum absolute atomic E-state index is 4.36. The fraction of sp³-hybridized carbons (Fsp3) is 0.267. The maximum atomic E-state index is 4.36. The van der Waals surface area contributed by atoms with Gasteiger partial charge in [0.25, 0.3) is 5.78 Å². The van der Waals surface area contributed by atoms with Gasteiger partial charge in [-0.1, -0.05) is 35.0 Å². The van der Waals surface area contributed by atoms with E-state index in [0.29, 0.717) is 5.78 Å². The Morgan fingerprint density at radius 3 is 2.76 bits per heavy atom. The summed E-state index contributed by atoms with van der Waals surface area (Å²) in [5, 5.41) is 7.77. The predicted octanol–water partition coefficient (Wildman–Crippen LogP) is 3.76. The third kappa shape index (κ3) is 2.90. The summed E-state index contributed by atoms with van der Waals surface area (Å²) in [6.45, 7) is 4.12. The summed E-state index contributed by atoms with van der Waals surface area (Å²) in [7, 11) is 0. The topological polar surface area (TPSA) is 55.1 Å². The van der Waals surface area contributed by atoms with Crippen molar-refractivity contribution in [2.24, 2.45) is 0 Å². The van der Waals surface area contributed by atoms with E-state index in [4.69, 9.17) is 0 Å². The molecule has 0 saturated heterocycles. The fourth-order valence-corrected chi connectivity index (χ4v) is 2.59. The van der Waals surface area contributed by atoms with Crippen LogP contribution in [-0.2, 0) is 0 Å². The lowest BCUT2D eigenvalue weighted by Crippen LogP contribution is -2.13. The van der Waals surface area contributed by atoms with Crippen LogP contribution in [0, 0.1) is 6.92 Å². The van der Waals surface area contributed by atoms with Gasteiger partial charge in [0.15, 0.2) is 0 Å². The number of hydrogen-bond acceptors (Lipinski definition) is 4. The lowest BCUT2D eigenvalue weighted by atomic mass is 10.0. The van der Waals surface area contributed by atoms with Crippen molar-refractivity contribution in [3.8, 4) is 0 Å².